The highest BCUT2D eigenvalue weighted by Gasteiger charge is 2.35. The van der Waals surface area contributed by atoms with E-state index < -0.39 is 0 Å². The second-order valence-electron chi connectivity index (χ2n) is 13.0. The maximum atomic E-state index is 4.74. The minimum absolute atomic E-state index is 0.497. The van der Waals surface area contributed by atoms with Crippen molar-refractivity contribution in [1.29, 1.82) is 0 Å². The lowest BCUT2D eigenvalue weighted by atomic mass is 9.78. The van der Waals surface area contributed by atoms with Crippen molar-refractivity contribution in [2.75, 3.05) is 0 Å². The molecule has 41 heavy (non-hydrogen) atoms. The molecule has 0 fully saturated rings. The number of rotatable bonds is 29. The number of nitrogens with zero attached hydrogens (tertiary/aromatic N) is 2. The summed E-state index contributed by atoms with van der Waals surface area (Å²) in [5.41, 5.74) is 1.48. The lowest BCUT2D eigenvalue weighted by Crippen LogP contribution is -2.22. The molecule has 0 saturated heterocycles. The van der Waals surface area contributed by atoms with Gasteiger partial charge in [-0.2, -0.15) is 0 Å². The van der Waals surface area contributed by atoms with E-state index in [0.29, 0.717) is 11.8 Å². The van der Waals surface area contributed by atoms with E-state index in [1.54, 1.807) is 0 Å². The predicted molar refractivity (Wildman–Crippen MR) is 184 cm³/mol. The van der Waals surface area contributed by atoms with Crippen molar-refractivity contribution in [2.24, 2.45) is 21.8 Å². The van der Waals surface area contributed by atoms with Crippen molar-refractivity contribution >= 4 is 12.4 Å². The van der Waals surface area contributed by atoms with Crippen molar-refractivity contribution in [3.8, 4) is 0 Å². The van der Waals surface area contributed by atoms with E-state index in [1.807, 2.05) is 12.4 Å². The molecule has 0 spiro atoms. The summed E-state index contributed by atoms with van der Waals surface area (Å²) in [4.78, 5) is 9.48. The molecule has 2 heteroatoms. The minimum Gasteiger partial charge on any atom is -0.0965 e. The number of unbranched alkanes of at least 4 members (excludes halogenated alkanes) is 21. The number of hydrogen-bond acceptors (Lipinski definition) is 2. The molecule has 1 aromatic rings. The zero-order valence-electron chi connectivity index (χ0n) is 27.5. The normalized spacial score (nSPS) is 14.2. The van der Waals surface area contributed by atoms with Crippen LogP contribution in [0, 0.1) is 18.0 Å². The highest BCUT2D eigenvalue weighted by atomic mass is 15.0. The molecule has 1 heterocycles. The third kappa shape index (κ3) is 18.6. The standard InChI is InChI=1S/C39H67N2/c1-3-5-7-9-11-13-14-15-16-17-18-19-20-22-27-31-37(35-36-29-25-24-26-30-36)38(39-40-33-34-41-39)32-28-23-21-12-10-8-6-4-2/h24-26,29-30,33-34,37-38H,3-23,27-28,31-32,35H2,1-2H3/q+1. The maximum absolute atomic E-state index is 4.74. The van der Waals surface area contributed by atoms with E-state index in [1.165, 1.54) is 166 Å². The topological polar surface area (TPSA) is 24.7 Å². The van der Waals surface area contributed by atoms with Crippen LogP contribution < -0.4 is 0 Å². The summed E-state index contributed by atoms with van der Waals surface area (Å²) in [5, 5.41) is 0. The largest absolute Gasteiger partial charge is 0.244 e. The molecule has 2 unspecified atom stereocenters. The summed E-state index contributed by atoms with van der Waals surface area (Å²) in [6.45, 7) is 4.61. The molecule has 1 aliphatic heterocycles. The Morgan fingerprint density at radius 3 is 1.32 bits per heavy atom. The monoisotopic (exact) mass is 564 g/mol. The van der Waals surface area contributed by atoms with Crippen LogP contribution in [0.2, 0.25) is 0 Å². The van der Waals surface area contributed by atoms with Crippen LogP contribution in [-0.4, -0.2) is 12.4 Å². The highest BCUT2D eigenvalue weighted by molar-refractivity contribution is 6.18. The van der Waals surface area contributed by atoms with Gasteiger partial charge in [0.1, 0.15) is 0 Å². The average molecular weight is 564 g/mol. The molecule has 0 aromatic heterocycles. The second kappa shape index (κ2) is 26.1. The van der Waals surface area contributed by atoms with Crippen LogP contribution in [-0.2, 0) is 6.42 Å². The van der Waals surface area contributed by atoms with Crippen molar-refractivity contribution in [1.82, 2.24) is 0 Å². The smallest absolute Gasteiger partial charge is 0.0965 e. The molecule has 2 atom stereocenters. The van der Waals surface area contributed by atoms with Gasteiger partial charge < -0.3 is 0 Å². The third-order valence-electron chi connectivity index (χ3n) is 9.27. The fourth-order valence-corrected chi connectivity index (χ4v) is 6.66. The average Bonchev–Trinajstić information content (AvgIpc) is 3.53. The Hall–Kier alpha value is -1.57. The molecule has 232 valence electrons. The summed E-state index contributed by atoms with van der Waals surface area (Å²) in [7, 11) is 0. The molecule has 1 aromatic carbocycles. The number of aliphatic imine (C=N–C) groups is 2. The molecule has 0 aliphatic carbocycles. The van der Waals surface area contributed by atoms with E-state index in [2.05, 4.69) is 44.2 Å². The van der Waals surface area contributed by atoms with Gasteiger partial charge in [-0.05, 0) is 30.7 Å². The number of benzene rings is 1. The molecule has 0 radical (unpaired) electrons. The lowest BCUT2D eigenvalue weighted by Gasteiger charge is -2.26. The molecule has 0 N–H and O–H groups in total. The van der Waals surface area contributed by atoms with Crippen LogP contribution in [0.5, 0.6) is 0 Å². The first-order valence-corrected chi connectivity index (χ1v) is 18.3. The van der Waals surface area contributed by atoms with Crippen molar-refractivity contribution in [3.05, 3.63) is 42.1 Å². The SMILES string of the molecule is CCCCCCCCCCCCCCCCCC(Cc1ccccc1)C(CCCCCCCCCC)[C+]1N=CC=N1. The quantitative estimate of drug-likeness (QED) is 0.0684. The lowest BCUT2D eigenvalue weighted by molar-refractivity contribution is 0.284. The van der Waals surface area contributed by atoms with Crippen molar-refractivity contribution in [3.63, 3.8) is 0 Å². The van der Waals surface area contributed by atoms with Gasteiger partial charge in [0.05, 0.1) is 5.92 Å². The van der Waals surface area contributed by atoms with Gasteiger partial charge in [-0.1, -0.05) is 202 Å². The Balaban J connectivity index is 1.68. The second-order valence-corrected chi connectivity index (χ2v) is 13.0. The fraction of sp³-hybridized carbons (Fsp3) is 0.769. The van der Waals surface area contributed by atoms with E-state index in [9.17, 15) is 0 Å². The van der Waals surface area contributed by atoms with E-state index in [0.717, 1.165) is 12.6 Å². The van der Waals surface area contributed by atoms with Crippen molar-refractivity contribution < 1.29 is 0 Å². The fourth-order valence-electron chi connectivity index (χ4n) is 6.66. The Kier molecular flexibility index (Phi) is 22.7. The van der Waals surface area contributed by atoms with Gasteiger partial charge in [-0.15, -0.1) is 0 Å². The van der Waals surface area contributed by atoms with Gasteiger partial charge >= 0.3 is 0 Å². The Bertz CT molecular complexity index is 727. The van der Waals surface area contributed by atoms with Crippen LogP contribution in [0.4, 0.5) is 0 Å². The first kappa shape index (κ1) is 35.6. The number of hydrogen-bond donors (Lipinski definition) is 0. The van der Waals surface area contributed by atoms with E-state index >= 15 is 0 Å². The Morgan fingerprint density at radius 1 is 0.488 bits per heavy atom. The highest BCUT2D eigenvalue weighted by Crippen LogP contribution is 2.37. The van der Waals surface area contributed by atoms with Gasteiger partial charge in [-0.25, -0.2) is 0 Å². The molecule has 0 amide bonds. The predicted octanol–water partition coefficient (Wildman–Crippen LogP) is 12.9. The van der Waals surface area contributed by atoms with E-state index in [-0.39, 0.29) is 0 Å². The molecular weight excluding hydrogens is 496 g/mol. The van der Waals surface area contributed by atoms with Crippen LogP contribution in [0.15, 0.2) is 40.3 Å². The minimum atomic E-state index is 0.497. The molecule has 1 aliphatic rings. The van der Waals surface area contributed by atoms with Crippen LogP contribution in [0.25, 0.3) is 0 Å². The maximum Gasteiger partial charge on any atom is 0.244 e. The van der Waals surface area contributed by atoms with Crippen LogP contribution >= 0.6 is 0 Å². The van der Waals surface area contributed by atoms with Crippen LogP contribution in [0.1, 0.15) is 180 Å². The third-order valence-corrected chi connectivity index (χ3v) is 9.27. The Morgan fingerprint density at radius 2 is 0.878 bits per heavy atom. The van der Waals surface area contributed by atoms with Crippen LogP contribution in [0.3, 0.4) is 0 Å². The molecule has 0 saturated carbocycles. The van der Waals surface area contributed by atoms with Crippen molar-refractivity contribution in [2.45, 2.75) is 181 Å². The molecule has 2 nitrogen and oxygen atoms in total. The van der Waals surface area contributed by atoms with Gasteiger partial charge in [0.25, 0.3) is 0 Å². The summed E-state index contributed by atoms with van der Waals surface area (Å²) in [6, 6.07) is 11.2. The summed E-state index contributed by atoms with van der Waals surface area (Å²) in [5.74, 6) is 1.14. The molecule has 0 bridgehead atoms. The molecular formula is C39H67N2+. The first-order chi connectivity index (χ1) is 20.3. The van der Waals surface area contributed by atoms with Gasteiger partial charge in [0.2, 0.25) is 6.17 Å². The zero-order valence-corrected chi connectivity index (χ0v) is 27.5. The van der Waals surface area contributed by atoms with Gasteiger partial charge in [-0.3, -0.25) is 0 Å². The van der Waals surface area contributed by atoms with Gasteiger partial charge in [0, 0.05) is 0 Å². The molecule has 2 rings (SSSR count). The zero-order chi connectivity index (χ0) is 29.1. The van der Waals surface area contributed by atoms with Gasteiger partial charge in [0.15, 0.2) is 12.4 Å². The summed E-state index contributed by atoms with van der Waals surface area (Å²) in [6.07, 6.45) is 41.1. The summed E-state index contributed by atoms with van der Waals surface area (Å²) < 4.78 is 0. The first-order valence-electron chi connectivity index (χ1n) is 18.3. The summed E-state index contributed by atoms with van der Waals surface area (Å²) >= 11 is 0. The van der Waals surface area contributed by atoms with E-state index in [4.69, 9.17) is 9.98 Å². The Labute approximate surface area is 256 Å².